The second-order valence-electron chi connectivity index (χ2n) is 4.25. The van der Waals surface area contributed by atoms with Gasteiger partial charge in [-0.05, 0) is 39.3 Å². The molecule has 0 bridgehead atoms. The molecule has 0 aromatic rings. The maximum Gasteiger partial charge on any atom is 0.309 e. The maximum atomic E-state index is 11.9. The summed E-state index contributed by atoms with van der Waals surface area (Å²) in [5, 5.41) is 8.98. The lowest BCUT2D eigenvalue weighted by atomic mass is 9.80. The first-order valence-electron chi connectivity index (χ1n) is 5.10. The molecule has 1 rings (SSSR count). The number of likely N-dealkylation sites (tertiary alicyclic amines) is 1. The van der Waals surface area contributed by atoms with Crippen molar-refractivity contribution in [2.24, 2.45) is 5.41 Å². The molecule has 0 radical (unpaired) electrons. The van der Waals surface area contributed by atoms with Gasteiger partial charge in [0, 0.05) is 6.54 Å². The van der Waals surface area contributed by atoms with Crippen LogP contribution in [0.3, 0.4) is 0 Å². The van der Waals surface area contributed by atoms with Crippen LogP contribution in [-0.4, -0.2) is 42.3 Å². The number of carboxylic acid groups (broad SMARTS) is 1. The summed E-state index contributed by atoms with van der Waals surface area (Å²) in [5.74, 6) is -0.706. The Bertz CT molecular complexity index is 200. The van der Waals surface area contributed by atoms with Crippen LogP contribution in [0, 0.1) is 5.41 Å². The fourth-order valence-electron chi connectivity index (χ4n) is 1.77. The summed E-state index contributed by atoms with van der Waals surface area (Å²) in [6.07, 6.45) is 1.91. The average molecular weight is 203 g/mol. The van der Waals surface area contributed by atoms with Crippen molar-refractivity contribution in [3.8, 4) is 0 Å². The van der Waals surface area contributed by atoms with Gasteiger partial charge in [-0.1, -0.05) is 0 Å². The van der Waals surface area contributed by atoms with Crippen LogP contribution in [0.2, 0.25) is 0 Å². The van der Waals surface area contributed by atoms with Crippen molar-refractivity contribution in [1.82, 2.24) is 4.90 Å². The Labute approximate surface area is 83.9 Å². The van der Waals surface area contributed by atoms with E-state index in [1.54, 1.807) is 6.92 Å². The minimum absolute atomic E-state index is 0.285. The molecule has 0 aliphatic carbocycles. The van der Waals surface area contributed by atoms with Gasteiger partial charge in [0.15, 0.2) is 0 Å². The maximum absolute atomic E-state index is 11.9. The minimum atomic E-state index is -0.706. The zero-order valence-corrected chi connectivity index (χ0v) is 8.63. The number of piperidine rings is 1. The predicted octanol–water partition coefficient (Wildman–Crippen LogP) is 1.53. The van der Waals surface area contributed by atoms with Gasteiger partial charge in [-0.3, -0.25) is 9.18 Å². The normalized spacial score (nSPS) is 22.1. The first-order valence-corrected chi connectivity index (χ1v) is 5.10. The number of hydrogen-bond donors (Lipinski definition) is 1. The Hall–Kier alpha value is -0.640. The summed E-state index contributed by atoms with van der Waals surface area (Å²) < 4.78 is 11.9. The highest BCUT2D eigenvalue weighted by Crippen LogP contribution is 2.30. The van der Waals surface area contributed by atoms with E-state index in [2.05, 4.69) is 4.90 Å². The summed E-state index contributed by atoms with van der Waals surface area (Å²) in [6.45, 7) is 3.83. The molecule has 0 amide bonds. The lowest BCUT2D eigenvalue weighted by Gasteiger charge is -2.36. The van der Waals surface area contributed by atoms with Crippen LogP contribution in [0.5, 0.6) is 0 Å². The largest absolute Gasteiger partial charge is 0.481 e. The molecule has 0 saturated carbocycles. The summed E-state index contributed by atoms with van der Waals surface area (Å²) in [7, 11) is 0. The second-order valence-corrected chi connectivity index (χ2v) is 4.25. The Morgan fingerprint density at radius 3 is 2.50 bits per heavy atom. The van der Waals surface area contributed by atoms with Gasteiger partial charge in [-0.25, -0.2) is 0 Å². The van der Waals surface area contributed by atoms with Gasteiger partial charge in [-0.2, -0.15) is 0 Å². The molecular weight excluding hydrogens is 185 g/mol. The van der Waals surface area contributed by atoms with E-state index in [-0.39, 0.29) is 6.67 Å². The van der Waals surface area contributed by atoms with Gasteiger partial charge < -0.3 is 10.0 Å². The highest BCUT2D eigenvalue weighted by atomic mass is 19.1. The van der Waals surface area contributed by atoms with E-state index in [1.165, 1.54) is 0 Å². The number of aliphatic carboxylic acids is 1. The van der Waals surface area contributed by atoms with E-state index in [4.69, 9.17) is 5.11 Å². The first kappa shape index (κ1) is 11.4. The summed E-state index contributed by atoms with van der Waals surface area (Å²) in [4.78, 5) is 13.1. The zero-order chi connectivity index (χ0) is 10.6. The van der Waals surface area contributed by atoms with Crippen molar-refractivity contribution in [2.75, 3.05) is 26.3 Å². The van der Waals surface area contributed by atoms with Gasteiger partial charge in [0.1, 0.15) is 0 Å². The van der Waals surface area contributed by atoms with E-state index < -0.39 is 11.4 Å². The number of rotatable bonds is 4. The van der Waals surface area contributed by atoms with Gasteiger partial charge in [0.05, 0.1) is 12.1 Å². The molecule has 1 heterocycles. The fraction of sp³-hybridized carbons (Fsp3) is 0.900. The number of nitrogens with zero attached hydrogens (tertiary/aromatic N) is 1. The number of carboxylic acids is 1. The molecule has 1 N–H and O–H groups in total. The molecule has 82 valence electrons. The monoisotopic (exact) mass is 203 g/mol. The Kier molecular flexibility index (Phi) is 3.86. The number of carbonyl (C=O) groups is 1. The Morgan fingerprint density at radius 1 is 1.50 bits per heavy atom. The topological polar surface area (TPSA) is 40.5 Å². The molecule has 1 fully saturated rings. The van der Waals surface area contributed by atoms with Gasteiger partial charge in [-0.15, -0.1) is 0 Å². The SMILES string of the molecule is CC1(C(=O)O)CCN(CCCF)CC1. The average Bonchev–Trinajstić information content (AvgIpc) is 2.17. The van der Waals surface area contributed by atoms with E-state index in [9.17, 15) is 9.18 Å². The van der Waals surface area contributed by atoms with Crippen LogP contribution < -0.4 is 0 Å². The smallest absolute Gasteiger partial charge is 0.309 e. The molecular formula is C10H18FNO2. The van der Waals surface area contributed by atoms with Crippen molar-refractivity contribution in [3.63, 3.8) is 0 Å². The van der Waals surface area contributed by atoms with Crippen molar-refractivity contribution in [3.05, 3.63) is 0 Å². The third-order valence-corrected chi connectivity index (χ3v) is 3.08. The van der Waals surface area contributed by atoms with Crippen molar-refractivity contribution >= 4 is 5.97 Å². The van der Waals surface area contributed by atoms with E-state index in [1.807, 2.05) is 0 Å². The van der Waals surface area contributed by atoms with Crippen LogP contribution >= 0.6 is 0 Å². The lowest BCUT2D eigenvalue weighted by molar-refractivity contribution is -0.150. The molecule has 3 nitrogen and oxygen atoms in total. The van der Waals surface area contributed by atoms with E-state index in [0.717, 1.165) is 19.6 Å². The van der Waals surface area contributed by atoms with E-state index in [0.29, 0.717) is 19.3 Å². The minimum Gasteiger partial charge on any atom is -0.481 e. The first-order chi connectivity index (χ1) is 6.58. The Morgan fingerprint density at radius 2 is 2.07 bits per heavy atom. The van der Waals surface area contributed by atoms with Crippen LogP contribution in [-0.2, 0) is 4.79 Å². The van der Waals surface area contributed by atoms with E-state index >= 15 is 0 Å². The summed E-state index contributed by atoms with van der Waals surface area (Å²) >= 11 is 0. The van der Waals surface area contributed by atoms with Crippen molar-refractivity contribution in [1.29, 1.82) is 0 Å². The number of alkyl halides is 1. The molecule has 4 heteroatoms. The summed E-state index contributed by atoms with van der Waals surface area (Å²) in [5.41, 5.74) is -0.563. The number of hydrogen-bond acceptors (Lipinski definition) is 2. The van der Waals surface area contributed by atoms with Gasteiger partial charge in [0.25, 0.3) is 0 Å². The molecule has 1 aliphatic rings. The highest BCUT2D eigenvalue weighted by molar-refractivity contribution is 5.74. The van der Waals surface area contributed by atoms with Crippen LogP contribution in [0.1, 0.15) is 26.2 Å². The van der Waals surface area contributed by atoms with Crippen molar-refractivity contribution < 1.29 is 14.3 Å². The molecule has 0 spiro atoms. The van der Waals surface area contributed by atoms with Crippen LogP contribution in [0.25, 0.3) is 0 Å². The van der Waals surface area contributed by atoms with Gasteiger partial charge in [0.2, 0.25) is 0 Å². The molecule has 1 aliphatic heterocycles. The highest BCUT2D eigenvalue weighted by Gasteiger charge is 2.36. The standard InChI is InChI=1S/C10H18FNO2/c1-10(9(13)14)3-7-12(8-4-10)6-2-5-11/h2-8H2,1H3,(H,13,14). The quantitative estimate of drug-likeness (QED) is 0.753. The lowest BCUT2D eigenvalue weighted by Crippen LogP contribution is -2.43. The second kappa shape index (κ2) is 4.73. The zero-order valence-electron chi connectivity index (χ0n) is 8.63. The summed E-state index contributed by atoms with van der Waals surface area (Å²) in [6, 6.07) is 0. The molecule has 0 unspecified atom stereocenters. The third kappa shape index (κ3) is 2.67. The molecule has 0 aromatic carbocycles. The third-order valence-electron chi connectivity index (χ3n) is 3.08. The predicted molar refractivity (Wildman–Crippen MR) is 52.0 cm³/mol. The van der Waals surface area contributed by atoms with Crippen molar-refractivity contribution in [2.45, 2.75) is 26.2 Å². The molecule has 0 atom stereocenters. The fourth-order valence-corrected chi connectivity index (χ4v) is 1.77. The molecule has 14 heavy (non-hydrogen) atoms. The van der Waals surface area contributed by atoms with Crippen LogP contribution in [0.4, 0.5) is 4.39 Å². The Balaban J connectivity index is 2.34. The van der Waals surface area contributed by atoms with Gasteiger partial charge >= 0.3 is 5.97 Å². The van der Waals surface area contributed by atoms with Crippen LogP contribution in [0.15, 0.2) is 0 Å². The molecule has 0 aromatic heterocycles. The molecule has 1 saturated heterocycles. The number of halogens is 1.